The van der Waals surface area contributed by atoms with Gasteiger partial charge in [-0.2, -0.15) is 0 Å². The Kier molecular flexibility index (Phi) is 5.13. The second-order valence-corrected chi connectivity index (χ2v) is 8.60. The van der Waals surface area contributed by atoms with Gasteiger partial charge in [0.1, 0.15) is 23.4 Å². The standard InChI is InChI=1S/C24H17ClN4O5/c1-12-5-13(2)21-18(6-12)22(31)23(32)29(21)10-16-9-28(27-26-16)11-19(30)17-8-14-7-15(25)3-4-20(14)34-24(17)33/h3-9H,10-11H2,1-2H3. The molecule has 0 saturated carbocycles. The van der Waals surface area contributed by atoms with Gasteiger partial charge in [0.05, 0.1) is 24.0 Å². The third kappa shape index (κ3) is 3.69. The summed E-state index contributed by atoms with van der Waals surface area (Å²) < 4.78 is 6.49. The number of fused-ring (bicyclic) bond motifs is 2. The zero-order valence-corrected chi connectivity index (χ0v) is 18.9. The van der Waals surface area contributed by atoms with Gasteiger partial charge in [0.15, 0.2) is 5.78 Å². The molecule has 170 valence electrons. The van der Waals surface area contributed by atoms with Crippen LogP contribution in [0.2, 0.25) is 5.02 Å². The van der Waals surface area contributed by atoms with E-state index in [9.17, 15) is 19.2 Å². The van der Waals surface area contributed by atoms with Crippen LogP contribution in [0.25, 0.3) is 11.0 Å². The van der Waals surface area contributed by atoms with Crippen molar-refractivity contribution in [1.82, 2.24) is 15.0 Å². The number of aryl methyl sites for hydroxylation is 2. The maximum Gasteiger partial charge on any atom is 0.347 e. The van der Waals surface area contributed by atoms with Gasteiger partial charge in [-0.15, -0.1) is 5.10 Å². The predicted octanol–water partition coefficient (Wildman–Crippen LogP) is 3.27. The minimum absolute atomic E-state index is 0.0201. The Bertz CT molecular complexity index is 1590. The number of amides is 1. The number of benzene rings is 2. The van der Waals surface area contributed by atoms with Crippen molar-refractivity contribution in [2.24, 2.45) is 0 Å². The second-order valence-electron chi connectivity index (χ2n) is 8.16. The Labute approximate surface area is 197 Å². The molecule has 1 amide bonds. The van der Waals surface area contributed by atoms with Crippen LogP contribution in [0.3, 0.4) is 0 Å². The molecule has 9 nitrogen and oxygen atoms in total. The highest BCUT2D eigenvalue weighted by Crippen LogP contribution is 2.34. The third-order valence-electron chi connectivity index (χ3n) is 5.61. The number of anilines is 1. The summed E-state index contributed by atoms with van der Waals surface area (Å²) in [5, 5.41) is 8.93. The number of hydrogen-bond donors (Lipinski definition) is 0. The molecule has 2 aromatic carbocycles. The molecule has 0 spiro atoms. The van der Waals surface area contributed by atoms with Gasteiger partial charge in [0.25, 0.3) is 11.7 Å². The predicted molar refractivity (Wildman–Crippen MR) is 123 cm³/mol. The lowest BCUT2D eigenvalue weighted by molar-refractivity contribution is -0.114. The molecule has 0 aliphatic carbocycles. The van der Waals surface area contributed by atoms with Gasteiger partial charge in [0, 0.05) is 10.4 Å². The van der Waals surface area contributed by atoms with E-state index in [1.807, 2.05) is 19.9 Å². The normalized spacial score (nSPS) is 13.1. The first-order valence-corrected chi connectivity index (χ1v) is 10.7. The molecule has 10 heteroatoms. The van der Waals surface area contributed by atoms with Crippen LogP contribution in [0.15, 0.2) is 51.8 Å². The zero-order chi connectivity index (χ0) is 24.1. The van der Waals surface area contributed by atoms with Crippen molar-refractivity contribution in [3.8, 4) is 0 Å². The van der Waals surface area contributed by atoms with Crippen LogP contribution in [0.4, 0.5) is 5.69 Å². The van der Waals surface area contributed by atoms with E-state index in [0.717, 1.165) is 11.1 Å². The van der Waals surface area contributed by atoms with E-state index >= 15 is 0 Å². The van der Waals surface area contributed by atoms with E-state index < -0.39 is 23.1 Å². The summed E-state index contributed by atoms with van der Waals surface area (Å²) in [6, 6.07) is 9.77. The van der Waals surface area contributed by atoms with E-state index in [1.54, 1.807) is 24.3 Å². The number of Topliss-reactive ketones (excluding diaryl/α,β-unsaturated/α-hetero) is 2. The first-order valence-electron chi connectivity index (χ1n) is 10.3. The first-order chi connectivity index (χ1) is 16.2. The van der Waals surface area contributed by atoms with Crippen molar-refractivity contribution in [3.63, 3.8) is 0 Å². The highest BCUT2D eigenvalue weighted by molar-refractivity contribution is 6.52. The molecule has 0 unspecified atom stereocenters. The number of halogens is 1. The fourth-order valence-corrected chi connectivity index (χ4v) is 4.33. The Balaban J connectivity index is 1.38. The highest BCUT2D eigenvalue weighted by atomic mass is 35.5. The van der Waals surface area contributed by atoms with Crippen LogP contribution in [0.1, 0.15) is 37.5 Å². The van der Waals surface area contributed by atoms with Gasteiger partial charge in [-0.3, -0.25) is 19.3 Å². The smallest absolute Gasteiger partial charge is 0.347 e. The van der Waals surface area contributed by atoms with E-state index in [1.165, 1.54) is 21.8 Å². The molecule has 0 bridgehead atoms. The number of carbonyl (C=O) groups excluding carboxylic acids is 3. The molecule has 2 aromatic heterocycles. The van der Waals surface area contributed by atoms with Gasteiger partial charge < -0.3 is 4.42 Å². The van der Waals surface area contributed by atoms with E-state index in [0.29, 0.717) is 32.9 Å². The number of rotatable bonds is 5. The van der Waals surface area contributed by atoms with Crippen LogP contribution in [0.5, 0.6) is 0 Å². The highest BCUT2D eigenvalue weighted by Gasteiger charge is 2.37. The van der Waals surface area contributed by atoms with Crippen molar-refractivity contribution in [1.29, 1.82) is 0 Å². The molecule has 0 fully saturated rings. The van der Waals surface area contributed by atoms with E-state index in [2.05, 4.69) is 10.3 Å². The molecule has 0 atom stereocenters. The topological polar surface area (TPSA) is 115 Å². The van der Waals surface area contributed by atoms with Crippen molar-refractivity contribution in [2.45, 2.75) is 26.9 Å². The van der Waals surface area contributed by atoms with Gasteiger partial charge in [0.2, 0.25) is 0 Å². The fraction of sp³-hybridized carbons (Fsp3) is 0.167. The van der Waals surface area contributed by atoms with Crippen LogP contribution in [-0.4, -0.2) is 32.5 Å². The lowest BCUT2D eigenvalue weighted by Crippen LogP contribution is -2.29. The van der Waals surface area contributed by atoms with Crippen LogP contribution >= 0.6 is 11.6 Å². The Morgan fingerprint density at radius 3 is 2.68 bits per heavy atom. The monoisotopic (exact) mass is 476 g/mol. The molecule has 4 aromatic rings. The first kappa shape index (κ1) is 21.7. The summed E-state index contributed by atoms with van der Waals surface area (Å²) >= 11 is 5.98. The molecule has 5 rings (SSSR count). The minimum atomic E-state index is -0.760. The summed E-state index contributed by atoms with van der Waals surface area (Å²) in [5.41, 5.74) is 2.44. The fourth-order valence-electron chi connectivity index (χ4n) is 4.15. The molecule has 0 saturated heterocycles. The van der Waals surface area contributed by atoms with Gasteiger partial charge in [-0.1, -0.05) is 22.9 Å². The summed E-state index contributed by atoms with van der Waals surface area (Å²) in [5.74, 6) is -1.72. The Morgan fingerprint density at radius 1 is 1.09 bits per heavy atom. The molecule has 34 heavy (non-hydrogen) atoms. The maximum atomic E-state index is 12.8. The number of aromatic nitrogens is 3. The molecule has 0 radical (unpaired) electrons. The summed E-state index contributed by atoms with van der Waals surface area (Å²) in [7, 11) is 0. The SMILES string of the molecule is Cc1cc(C)c2c(c1)C(=O)C(=O)N2Cc1cn(CC(=O)c2cc3cc(Cl)ccc3oc2=O)nn1. The van der Waals surface area contributed by atoms with Crippen LogP contribution in [0, 0.1) is 13.8 Å². The Hall–Kier alpha value is -4.11. The average Bonchev–Trinajstić information content (AvgIpc) is 3.31. The molecule has 0 N–H and O–H groups in total. The molecule has 1 aliphatic heterocycles. The number of hydrogen-bond acceptors (Lipinski definition) is 7. The average molecular weight is 477 g/mol. The third-order valence-corrected chi connectivity index (χ3v) is 5.84. The van der Waals surface area contributed by atoms with Crippen molar-refractivity contribution < 1.29 is 18.8 Å². The zero-order valence-electron chi connectivity index (χ0n) is 18.2. The van der Waals surface area contributed by atoms with Crippen molar-refractivity contribution in [3.05, 3.63) is 86.0 Å². The lowest BCUT2D eigenvalue weighted by Gasteiger charge is -2.17. The lowest BCUT2D eigenvalue weighted by atomic mass is 10.0. The van der Waals surface area contributed by atoms with Crippen molar-refractivity contribution >= 4 is 45.7 Å². The van der Waals surface area contributed by atoms with Gasteiger partial charge in [-0.25, -0.2) is 9.48 Å². The maximum absolute atomic E-state index is 12.8. The second kappa shape index (κ2) is 8.03. The number of nitrogens with zero attached hydrogens (tertiary/aromatic N) is 4. The summed E-state index contributed by atoms with van der Waals surface area (Å²) in [4.78, 5) is 51.4. The van der Waals surface area contributed by atoms with Crippen LogP contribution in [-0.2, 0) is 17.9 Å². The summed E-state index contributed by atoms with van der Waals surface area (Å²) in [6.07, 6.45) is 1.50. The van der Waals surface area contributed by atoms with Gasteiger partial charge >= 0.3 is 5.63 Å². The van der Waals surface area contributed by atoms with E-state index in [4.69, 9.17) is 16.0 Å². The molecular formula is C24H17ClN4O5. The van der Waals surface area contributed by atoms with Crippen LogP contribution < -0.4 is 10.5 Å². The Morgan fingerprint density at radius 2 is 1.88 bits per heavy atom. The molecule has 1 aliphatic rings. The molecule has 3 heterocycles. The van der Waals surface area contributed by atoms with Gasteiger partial charge in [-0.05, 0) is 55.3 Å². The quantitative estimate of drug-likeness (QED) is 0.246. The largest absolute Gasteiger partial charge is 0.422 e. The number of carbonyl (C=O) groups is 3. The van der Waals surface area contributed by atoms with Crippen molar-refractivity contribution in [2.75, 3.05) is 4.90 Å². The number of ketones is 2. The molecular weight excluding hydrogens is 460 g/mol. The summed E-state index contributed by atoms with van der Waals surface area (Å²) in [6.45, 7) is 3.46. The minimum Gasteiger partial charge on any atom is -0.422 e. The van der Waals surface area contributed by atoms with E-state index in [-0.39, 0.29) is 18.7 Å².